The molecule has 2 aromatic carbocycles. The van der Waals surface area contributed by atoms with E-state index in [-0.39, 0.29) is 6.04 Å². The Morgan fingerprint density at radius 3 is 2.67 bits per heavy atom. The SMILES string of the molecule is N[C@@H]1CCCc2ccc(OCc3c(Cl)cccc3Cl)cc21. The second-order valence-electron chi connectivity index (χ2n) is 5.35. The summed E-state index contributed by atoms with van der Waals surface area (Å²) in [7, 11) is 0. The van der Waals surface area contributed by atoms with Crippen LogP contribution in [0, 0.1) is 0 Å². The number of nitrogens with two attached hydrogens (primary N) is 1. The van der Waals surface area contributed by atoms with Gasteiger partial charge in [-0.15, -0.1) is 0 Å². The van der Waals surface area contributed by atoms with E-state index in [0.717, 1.165) is 30.6 Å². The Morgan fingerprint density at radius 2 is 1.90 bits per heavy atom. The summed E-state index contributed by atoms with van der Waals surface area (Å²) >= 11 is 12.3. The van der Waals surface area contributed by atoms with Crippen LogP contribution in [0.5, 0.6) is 5.75 Å². The molecule has 0 amide bonds. The van der Waals surface area contributed by atoms with Crippen molar-refractivity contribution in [3.8, 4) is 5.75 Å². The molecule has 0 saturated heterocycles. The molecule has 2 nitrogen and oxygen atoms in total. The van der Waals surface area contributed by atoms with Gasteiger partial charge < -0.3 is 10.5 Å². The highest BCUT2D eigenvalue weighted by molar-refractivity contribution is 6.35. The Hall–Kier alpha value is -1.22. The average molecular weight is 322 g/mol. The summed E-state index contributed by atoms with van der Waals surface area (Å²) in [6.45, 7) is 0.354. The van der Waals surface area contributed by atoms with Crippen LogP contribution in [-0.2, 0) is 13.0 Å². The Bertz CT molecular complexity index is 637. The molecule has 110 valence electrons. The van der Waals surface area contributed by atoms with Crippen LogP contribution < -0.4 is 10.5 Å². The van der Waals surface area contributed by atoms with E-state index in [1.54, 1.807) is 0 Å². The minimum Gasteiger partial charge on any atom is -0.489 e. The van der Waals surface area contributed by atoms with Gasteiger partial charge >= 0.3 is 0 Å². The standard InChI is InChI=1S/C17H17Cl2NO/c18-15-4-2-5-16(19)14(15)10-21-12-8-7-11-3-1-6-17(20)13(11)9-12/h2,4-5,7-9,17H,1,3,6,10,20H2/t17-/m1/s1. The maximum Gasteiger partial charge on any atom is 0.120 e. The fraction of sp³-hybridized carbons (Fsp3) is 0.294. The van der Waals surface area contributed by atoms with Gasteiger partial charge in [0.25, 0.3) is 0 Å². The maximum atomic E-state index is 6.17. The first-order chi connectivity index (χ1) is 10.1. The molecular weight excluding hydrogens is 305 g/mol. The monoisotopic (exact) mass is 321 g/mol. The van der Waals surface area contributed by atoms with E-state index in [2.05, 4.69) is 6.07 Å². The van der Waals surface area contributed by atoms with Crippen molar-refractivity contribution in [3.05, 3.63) is 63.1 Å². The lowest BCUT2D eigenvalue weighted by Crippen LogP contribution is -2.17. The molecule has 2 aromatic rings. The lowest BCUT2D eigenvalue weighted by molar-refractivity contribution is 0.305. The molecule has 2 N–H and O–H groups in total. The average Bonchev–Trinajstić information content (AvgIpc) is 2.47. The zero-order chi connectivity index (χ0) is 14.8. The Labute approximate surface area is 134 Å². The highest BCUT2D eigenvalue weighted by Crippen LogP contribution is 2.32. The van der Waals surface area contributed by atoms with Gasteiger partial charge in [-0.1, -0.05) is 35.3 Å². The zero-order valence-corrected chi connectivity index (χ0v) is 13.1. The van der Waals surface area contributed by atoms with Crippen molar-refractivity contribution in [1.29, 1.82) is 0 Å². The molecule has 21 heavy (non-hydrogen) atoms. The molecule has 0 aliphatic heterocycles. The van der Waals surface area contributed by atoms with Gasteiger partial charge in [0, 0.05) is 21.7 Å². The van der Waals surface area contributed by atoms with E-state index in [1.165, 1.54) is 11.1 Å². The molecule has 4 heteroatoms. The van der Waals surface area contributed by atoms with Gasteiger partial charge in [-0.2, -0.15) is 0 Å². The number of ether oxygens (including phenoxy) is 1. The van der Waals surface area contributed by atoms with E-state index >= 15 is 0 Å². The molecule has 0 radical (unpaired) electrons. The van der Waals surface area contributed by atoms with Crippen LogP contribution in [0.4, 0.5) is 0 Å². The van der Waals surface area contributed by atoms with Gasteiger partial charge in [-0.05, 0) is 54.7 Å². The molecule has 1 aliphatic rings. The molecule has 1 aliphatic carbocycles. The van der Waals surface area contributed by atoms with Gasteiger partial charge in [-0.25, -0.2) is 0 Å². The van der Waals surface area contributed by atoms with Gasteiger partial charge in [0.2, 0.25) is 0 Å². The lowest BCUT2D eigenvalue weighted by Gasteiger charge is -2.23. The third-order valence-electron chi connectivity index (χ3n) is 3.92. The minimum atomic E-state index is 0.112. The van der Waals surface area contributed by atoms with Gasteiger partial charge in [0.1, 0.15) is 12.4 Å². The number of fused-ring (bicyclic) bond motifs is 1. The highest BCUT2D eigenvalue weighted by atomic mass is 35.5. The first-order valence-corrected chi connectivity index (χ1v) is 7.85. The van der Waals surface area contributed by atoms with Crippen LogP contribution in [-0.4, -0.2) is 0 Å². The van der Waals surface area contributed by atoms with Crippen molar-refractivity contribution in [2.75, 3.05) is 0 Å². The summed E-state index contributed by atoms with van der Waals surface area (Å²) in [5, 5.41) is 1.24. The largest absolute Gasteiger partial charge is 0.489 e. The van der Waals surface area contributed by atoms with Crippen LogP contribution in [0.25, 0.3) is 0 Å². The van der Waals surface area contributed by atoms with Crippen molar-refractivity contribution in [1.82, 2.24) is 0 Å². The summed E-state index contributed by atoms with van der Waals surface area (Å²) in [6.07, 6.45) is 3.29. The first-order valence-electron chi connectivity index (χ1n) is 7.09. The van der Waals surface area contributed by atoms with Crippen LogP contribution in [0.3, 0.4) is 0 Å². The summed E-state index contributed by atoms with van der Waals surface area (Å²) < 4.78 is 5.84. The smallest absolute Gasteiger partial charge is 0.120 e. The van der Waals surface area contributed by atoms with E-state index in [4.69, 9.17) is 33.7 Å². The fourth-order valence-corrected chi connectivity index (χ4v) is 3.24. The zero-order valence-electron chi connectivity index (χ0n) is 11.6. The Morgan fingerprint density at radius 1 is 1.14 bits per heavy atom. The Balaban J connectivity index is 1.78. The summed E-state index contributed by atoms with van der Waals surface area (Å²) in [5.74, 6) is 0.807. The van der Waals surface area contributed by atoms with Gasteiger partial charge in [0.05, 0.1) is 0 Å². The molecular formula is C17H17Cl2NO. The summed E-state index contributed by atoms with van der Waals surface area (Å²) in [5.41, 5.74) is 9.51. The predicted octanol–water partition coefficient (Wildman–Crippen LogP) is 4.91. The fourth-order valence-electron chi connectivity index (χ4n) is 2.73. The highest BCUT2D eigenvalue weighted by Gasteiger charge is 2.17. The lowest BCUT2D eigenvalue weighted by atomic mass is 9.88. The molecule has 0 aromatic heterocycles. The molecule has 0 unspecified atom stereocenters. The summed E-state index contributed by atoms with van der Waals surface area (Å²) in [4.78, 5) is 0. The number of benzene rings is 2. The van der Waals surface area contributed by atoms with Crippen molar-refractivity contribution < 1.29 is 4.74 Å². The second kappa shape index (κ2) is 6.27. The van der Waals surface area contributed by atoms with Crippen molar-refractivity contribution in [3.63, 3.8) is 0 Å². The molecule has 3 rings (SSSR count). The van der Waals surface area contributed by atoms with E-state index in [0.29, 0.717) is 16.7 Å². The van der Waals surface area contributed by atoms with Crippen LogP contribution >= 0.6 is 23.2 Å². The molecule has 0 heterocycles. The van der Waals surface area contributed by atoms with Gasteiger partial charge in [0.15, 0.2) is 0 Å². The third kappa shape index (κ3) is 3.18. The molecule has 0 spiro atoms. The molecule has 1 atom stereocenters. The number of hydrogen-bond acceptors (Lipinski definition) is 2. The summed E-state index contributed by atoms with van der Waals surface area (Å²) in [6, 6.07) is 11.7. The van der Waals surface area contributed by atoms with Crippen molar-refractivity contribution in [2.24, 2.45) is 5.73 Å². The third-order valence-corrected chi connectivity index (χ3v) is 4.63. The number of aryl methyl sites for hydroxylation is 1. The second-order valence-corrected chi connectivity index (χ2v) is 6.16. The van der Waals surface area contributed by atoms with Gasteiger partial charge in [-0.3, -0.25) is 0 Å². The van der Waals surface area contributed by atoms with E-state index in [9.17, 15) is 0 Å². The van der Waals surface area contributed by atoms with E-state index < -0.39 is 0 Å². The van der Waals surface area contributed by atoms with Crippen molar-refractivity contribution >= 4 is 23.2 Å². The molecule has 0 fully saturated rings. The quantitative estimate of drug-likeness (QED) is 0.871. The van der Waals surface area contributed by atoms with Crippen molar-refractivity contribution in [2.45, 2.75) is 31.9 Å². The number of rotatable bonds is 3. The van der Waals surface area contributed by atoms with E-state index in [1.807, 2.05) is 30.3 Å². The molecule has 0 saturated carbocycles. The number of halogens is 2. The number of hydrogen-bond donors (Lipinski definition) is 1. The van der Waals surface area contributed by atoms with Crippen LogP contribution in [0.1, 0.15) is 35.6 Å². The topological polar surface area (TPSA) is 35.2 Å². The Kier molecular flexibility index (Phi) is 4.39. The van der Waals surface area contributed by atoms with Crippen LogP contribution in [0.2, 0.25) is 10.0 Å². The maximum absolute atomic E-state index is 6.17. The predicted molar refractivity (Wildman–Crippen MR) is 87.1 cm³/mol. The minimum absolute atomic E-state index is 0.112. The molecule has 0 bridgehead atoms. The normalized spacial score (nSPS) is 17.4. The van der Waals surface area contributed by atoms with Crippen LogP contribution in [0.15, 0.2) is 36.4 Å². The first kappa shape index (κ1) is 14.7.